The largest absolute Gasteiger partial charge is 0.496 e. The van der Waals surface area contributed by atoms with Crippen LogP contribution in [0.5, 0.6) is 51.7 Å². The normalized spacial score (nSPS) is 10.8. The standard InChI is InChI=1S/C47H48O13/c1-29(2)22-24-55-35-16-19-38(41(26-35)52-5)46(50)57-33-12-8-31(9-13-33)44(48)59-37-18-21-40(43(28-37)54-7)60-45(49)32-10-14-34(15-11-32)58-47(51)39-20-17-36(27-42(39)53-6)56-25-23-30(3)4/h8-21,26-30H,22-25H2,1-7H3. The van der Waals surface area contributed by atoms with E-state index in [0.717, 1.165) is 12.8 Å². The molecule has 0 heterocycles. The highest BCUT2D eigenvalue weighted by atomic mass is 16.6. The molecule has 0 aliphatic heterocycles. The molecule has 0 atom stereocenters. The van der Waals surface area contributed by atoms with Gasteiger partial charge in [0.2, 0.25) is 0 Å². The predicted octanol–water partition coefficient (Wildman–Crippen LogP) is 9.44. The van der Waals surface area contributed by atoms with Crippen molar-refractivity contribution in [2.24, 2.45) is 11.8 Å². The van der Waals surface area contributed by atoms with Crippen molar-refractivity contribution < 1.29 is 61.8 Å². The molecular formula is C47H48O13. The van der Waals surface area contributed by atoms with Crippen LogP contribution >= 0.6 is 0 Å². The van der Waals surface area contributed by atoms with E-state index in [9.17, 15) is 19.2 Å². The molecule has 314 valence electrons. The number of carbonyl (C=O) groups excluding carboxylic acids is 4. The smallest absolute Gasteiger partial charge is 0.347 e. The van der Waals surface area contributed by atoms with E-state index in [2.05, 4.69) is 27.7 Å². The zero-order valence-corrected chi connectivity index (χ0v) is 34.6. The van der Waals surface area contributed by atoms with Gasteiger partial charge in [0, 0.05) is 18.2 Å². The van der Waals surface area contributed by atoms with E-state index in [-0.39, 0.29) is 51.0 Å². The fourth-order valence-electron chi connectivity index (χ4n) is 5.45. The van der Waals surface area contributed by atoms with Crippen molar-refractivity contribution >= 4 is 23.9 Å². The molecule has 0 aliphatic carbocycles. The SMILES string of the molecule is COc1cc(OC(=O)c2ccc(OC(=O)c3ccc(OCCC(C)C)cc3OC)cc2)ccc1OC(=O)c1ccc(OC(=O)c2ccc(OCCC(C)C)cc2OC)cc1. The van der Waals surface area contributed by atoms with Gasteiger partial charge in [-0.15, -0.1) is 0 Å². The highest BCUT2D eigenvalue weighted by molar-refractivity contribution is 5.96. The third kappa shape index (κ3) is 12.2. The maximum atomic E-state index is 13.0. The Bertz CT molecular complexity index is 2260. The molecule has 0 amide bonds. The van der Waals surface area contributed by atoms with Crippen LogP contribution in [0.25, 0.3) is 0 Å². The lowest BCUT2D eigenvalue weighted by molar-refractivity contribution is 0.0712. The zero-order chi connectivity index (χ0) is 43.2. The Morgan fingerprint density at radius 1 is 0.400 bits per heavy atom. The summed E-state index contributed by atoms with van der Waals surface area (Å²) >= 11 is 0. The van der Waals surface area contributed by atoms with Gasteiger partial charge in [0.25, 0.3) is 0 Å². The van der Waals surface area contributed by atoms with E-state index in [1.807, 2.05) is 0 Å². The number of rotatable bonds is 19. The molecule has 0 fully saturated rings. The van der Waals surface area contributed by atoms with Gasteiger partial charge in [-0.25, -0.2) is 19.2 Å². The van der Waals surface area contributed by atoms with Crippen molar-refractivity contribution in [3.05, 3.63) is 125 Å². The van der Waals surface area contributed by atoms with Crippen LogP contribution < -0.4 is 42.6 Å². The lowest BCUT2D eigenvalue weighted by Gasteiger charge is -2.13. The third-order valence-electron chi connectivity index (χ3n) is 8.86. The minimum absolute atomic E-state index is 0.0672. The second-order valence-corrected chi connectivity index (χ2v) is 14.2. The summed E-state index contributed by atoms with van der Waals surface area (Å²) in [6.45, 7) is 9.51. The van der Waals surface area contributed by atoms with Crippen molar-refractivity contribution in [3.63, 3.8) is 0 Å². The first-order chi connectivity index (χ1) is 28.9. The highest BCUT2D eigenvalue weighted by Gasteiger charge is 2.20. The molecule has 0 saturated carbocycles. The van der Waals surface area contributed by atoms with E-state index < -0.39 is 23.9 Å². The number of carbonyl (C=O) groups is 4. The Kier molecular flexibility index (Phi) is 15.5. The van der Waals surface area contributed by atoms with Crippen molar-refractivity contribution in [1.29, 1.82) is 0 Å². The summed E-state index contributed by atoms with van der Waals surface area (Å²) < 4.78 is 49.8. The number of benzene rings is 5. The summed E-state index contributed by atoms with van der Waals surface area (Å²) in [5.74, 6) is 0.729. The number of hydrogen-bond acceptors (Lipinski definition) is 13. The lowest BCUT2D eigenvalue weighted by atomic mass is 10.1. The van der Waals surface area contributed by atoms with Crippen molar-refractivity contribution in [2.45, 2.75) is 40.5 Å². The first-order valence-corrected chi connectivity index (χ1v) is 19.3. The minimum atomic E-state index is -0.715. The second kappa shape index (κ2) is 21.1. The van der Waals surface area contributed by atoms with Crippen LogP contribution in [-0.2, 0) is 0 Å². The molecular weight excluding hydrogens is 773 g/mol. The Morgan fingerprint density at radius 3 is 1.18 bits per heavy atom. The average Bonchev–Trinajstić information content (AvgIpc) is 3.24. The van der Waals surface area contributed by atoms with Crippen molar-refractivity contribution in [2.75, 3.05) is 34.5 Å². The molecule has 0 spiro atoms. The number of methoxy groups -OCH3 is 3. The molecule has 5 aromatic carbocycles. The van der Waals surface area contributed by atoms with E-state index in [1.54, 1.807) is 36.4 Å². The summed E-state index contributed by atoms with van der Waals surface area (Å²) in [5, 5.41) is 0. The van der Waals surface area contributed by atoms with Crippen LogP contribution in [-0.4, -0.2) is 58.4 Å². The molecule has 0 saturated heterocycles. The summed E-state index contributed by atoms with van der Waals surface area (Å²) in [4.78, 5) is 52.0. The summed E-state index contributed by atoms with van der Waals surface area (Å²) in [6.07, 6.45) is 1.78. The van der Waals surface area contributed by atoms with Gasteiger partial charge >= 0.3 is 23.9 Å². The Morgan fingerprint density at radius 2 is 0.767 bits per heavy atom. The highest BCUT2D eigenvalue weighted by Crippen LogP contribution is 2.33. The maximum Gasteiger partial charge on any atom is 0.347 e. The molecule has 60 heavy (non-hydrogen) atoms. The van der Waals surface area contributed by atoms with Crippen LogP contribution in [0.3, 0.4) is 0 Å². The van der Waals surface area contributed by atoms with Gasteiger partial charge < -0.3 is 42.6 Å². The second-order valence-electron chi connectivity index (χ2n) is 14.2. The van der Waals surface area contributed by atoms with Gasteiger partial charge in [-0.2, -0.15) is 0 Å². The van der Waals surface area contributed by atoms with Crippen LogP contribution in [0.4, 0.5) is 0 Å². The molecule has 0 N–H and O–H groups in total. The van der Waals surface area contributed by atoms with Gasteiger partial charge in [-0.3, -0.25) is 0 Å². The van der Waals surface area contributed by atoms with Crippen molar-refractivity contribution in [3.8, 4) is 51.7 Å². The van der Waals surface area contributed by atoms with Crippen molar-refractivity contribution in [1.82, 2.24) is 0 Å². The Hall–Kier alpha value is -7.02. The molecule has 0 radical (unpaired) electrons. The van der Waals surface area contributed by atoms with Crippen LogP contribution in [0.2, 0.25) is 0 Å². The minimum Gasteiger partial charge on any atom is -0.496 e. The van der Waals surface area contributed by atoms with E-state index in [0.29, 0.717) is 48.0 Å². The van der Waals surface area contributed by atoms with E-state index >= 15 is 0 Å². The fourth-order valence-corrected chi connectivity index (χ4v) is 5.45. The fraction of sp³-hybridized carbons (Fsp3) is 0.277. The van der Waals surface area contributed by atoms with Gasteiger partial charge in [0.05, 0.1) is 45.7 Å². The molecule has 0 bridgehead atoms. The summed E-state index contributed by atoms with van der Waals surface area (Å²) in [6, 6.07) is 25.7. The summed E-state index contributed by atoms with van der Waals surface area (Å²) in [7, 11) is 4.28. The number of hydrogen-bond donors (Lipinski definition) is 0. The van der Waals surface area contributed by atoms with Crippen LogP contribution in [0, 0.1) is 11.8 Å². The molecule has 0 aliphatic rings. The summed E-state index contributed by atoms with van der Waals surface area (Å²) in [5.41, 5.74) is 0.760. The van der Waals surface area contributed by atoms with Crippen LogP contribution in [0.15, 0.2) is 103 Å². The molecule has 13 nitrogen and oxygen atoms in total. The lowest BCUT2D eigenvalue weighted by Crippen LogP contribution is -2.12. The molecule has 0 unspecified atom stereocenters. The number of ether oxygens (including phenoxy) is 9. The van der Waals surface area contributed by atoms with Gasteiger partial charge in [0.15, 0.2) is 11.5 Å². The van der Waals surface area contributed by atoms with Gasteiger partial charge in [-0.05, 0) is 110 Å². The molecule has 0 aromatic heterocycles. The molecule has 5 rings (SSSR count). The maximum absolute atomic E-state index is 13.0. The van der Waals surface area contributed by atoms with Gasteiger partial charge in [0.1, 0.15) is 51.4 Å². The van der Waals surface area contributed by atoms with Gasteiger partial charge in [-0.1, -0.05) is 27.7 Å². The Balaban J connectivity index is 1.14. The van der Waals surface area contributed by atoms with E-state index in [1.165, 1.54) is 88.1 Å². The number of esters is 4. The predicted molar refractivity (Wildman–Crippen MR) is 222 cm³/mol. The molecule has 5 aromatic rings. The average molecular weight is 821 g/mol. The topological polar surface area (TPSA) is 151 Å². The quantitative estimate of drug-likeness (QED) is 0.0575. The van der Waals surface area contributed by atoms with E-state index in [4.69, 9.17) is 42.6 Å². The Labute approximate surface area is 349 Å². The first-order valence-electron chi connectivity index (χ1n) is 19.3. The first kappa shape index (κ1) is 44.1. The monoisotopic (exact) mass is 820 g/mol. The van der Waals surface area contributed by atoms with Crippen LogP contribution in [0.1, 0.15) is 82.0 Å². The zero-order valence-electron chi connectivity index (χ0n) is 34.6. The molecule has 13 heteroatoms. The third-order valence-corrected chi connectivity index (χ3v) is 8.86.